The molecule has 170 valence electrons. The normalized spacial score (nSPS) is 18.9. The Hall–Kier alpha value is -2.74. The van der Waals surface area contributed by atoms with Gasteiger partial charge in [0.15, 0.2) is 0 Å². The number of thiophene rings is 1. The average molecular weight is 458 g/mol. The summed E-state index contributed by atoms with van der Waals surface area (Å²) in [7, 11) is 0. The molecule has 0 atom stereocenters. The van der Waals surface area contributed by atoms with Crippen molar-refractivity contribution >= 4 is 27.5 Å². The third kappa shape index (κ3) is 4.70. The minimum Gasteiger partial charge on any atom is -0.354 e. The molecule has 0 unspecified atom stereocenters. The summed E-state index contributed by atoms with van der Waals surface area (Å²) in [5.41, 5.74) is 0.808. The second-order valence-electron chi connectivity index (χ2n) is 8.93. The number of halogens is 1. The van der Waals surface area contributed by atoms with Crippen LogP contribution in [0.15, 0.2) is 45.3 Å². The van der Waals surface area contributed by atoms with Crippen molar-refractivity contribution in [1.29, 1.82) is 0 Å². The van der Waals surface area contributed by atoms with Crippen molar-refractivity contribution < 1.29 is 9.18 Å². The number of carbonyl (C=O) groups is 1. The Kier molecular flexibility index (Phi) is 6.60. The van der Waals surface area contributed by atoms with Crippen molar-refractivity contribution in [2.45, 2.75) is 58.7 Å². The number of nitrogens with one attached hydrogen (secondary N) is 1. The maximum atomic E-state index is 13.3. The summed E-state index contributed by atoms with van der Waals surface area (Å²) < 4.78 is 16.8. The van der Waals surface area contributed by atoms with Crippen LogP contribution >= 0.6 is 11.3 Å². The Morgan fingerprint density at radius 3 is 2.44 bits per heavy atom. The first-order valence-corrected chi connectivity index (χ1v) is 12.0. The Labute approximate surface area is 189 Å². The van der Waals surface area contributed by atoms with Gasteiger partial charge in [-0.15, -0.1) is 11.3 Å². The van der Waals surface area contributed by atoms with E-state index in [0.717, 1.165) is 31.2 Å². The molecule has 0 aliphatic heterocycles. The van der Waals surface area contributed by atoms with Crippen LogP contribution in [0.5, 0.6) is 0 Å². The minimum atomic E-state index is -0.343. The summed E-state index contributed by atoms with van der Waals surface area (Å²) in [6.45, 7) is 4.53. The number of rotatable bonds is 6. The van der Waals surface area contributed by atoms with E-state index >= 15 is 0 Å². The van der Waals surface area contributed by atoms with Crippen molar-refractivity contribution in [3.63, 3.8) is 0 Å². The lowest BCUT2D eigenvalue weighted by atomic mass is 9.81. The van der Waals surface area contributed by atoms with Crippen LogP contribution in [0.4, 0.5) is 4.39 Å². The molecule has 1 amide bonds. The van der Waals surface area contributed by atoms with E-state index in [0.29, 0.717) is 16.8 Å². The molecule has 0 radical (unpaired) electrons. The fourth-order valence-electron chi connectivity index (χ4n) is 4.49. The number of hydrogen-bond acceptors (Lipinski definition) is 4. The molecule has 6 nitrogen and oxygen atoms in total. The number of benzene rings is 1. The van der Waals surface area contributed by atoms with Gasteiger partial charge in [0.25, 0.3) is 5.56 Å². The van der Waals surface area contributed by atoms with Gasteiger partial charge in [0.05, 0.1) is 12.1 Å². The molecule has 8 heteroatoms. The standard InChI is InChI=1S/C24H28FN3O3S/c1-15(2)26-22(29)18-7-3-16(4-8-18)14-28-23(30)21-20(11-12-32-21)27(24(28)31)13-17-5-9-19(25)10-6-17/h5-6,9-12,15-16,18H,3-4,7-8,13-14H2,1-2H3,(H,26,29). The SMILES string of the molecule is CC(C)NC(=O)C1CCC(Cn2c(=O)c3sccc3n(Cc3ccc(F)cc3)c2=O)CC1. The number of fused-ring (bicyclic) bond motifs is 1. The topological polar surface area (TPSA) is 73.1 Å². The molecular weight excluding hydrogens is 429 g/mol. The van der Waals surface area contributed by atoms with Crippen LogP contribution in [0, 0.1) is 17.7 Å². The van der Waals surface area contributed by atoms with Crippen molar-refractivity contribution in [1.82, 2.24) is 14.5 Å². The van der Waals surface area contributed by atoms with Crippen LogP contribution in [0.3, 0.4) is 0 Å². The van der Waals surface area contributed by atoms with Crippen LogP contribution in [0.1, 0.15) is 45.1 Å². The molecule has 32 heavy (non-hydrogen) atoms. The van der Waals surface area contributed by atoms with Gasteiger partial charge in [0.2, 0.25) is 5.91 Å². The summed E-state index contributed by atoms with van der Waals surface area (Å²) in [4.78, 5) is 38.7. The van der Waals surface area contributed by atoms with Crippen molar-refractivity contribution in [2.24, 2.45) is 11.8 Å². The van der Waals surface area contributed by atoms with Crippen molar-refractivity contribution in [3.8, 4) is 0 Å². The summed E-state index contributed by atoms with van der Waals surface area (Å²) in [5.74, 6) is -0.0535. The Balaban J connectivity index is 1.57. The van der Waals surface area contributed by atoms with E-state index in [1.807, 2.05) is 19.2 Å². The highest BCUT2D eigenvalue weighted by Gasteiger charge is 2.28. The van der Waals surface area contributed by atoms with E-state index in [1.54, 1.807) is 22.8 Å². The van der Waals surface area contributed by atoms with E-state index in [9.17, 15) is 18.8 Å². The summed E-state index contributed by atoms with van der Waals surface area (Å²) >= 11 is 1.33. The number of nitrogens with zero attached hydrogens (tertiary/aromatic N) is 2. The smallest absolute Gasteiger partial charge is 0.331 e. The van der Waals surface area contributed by atoms with E-state index < -0.39 is 0 Å². The molecule has 1 aromatic carbocycles. The second-order valence-corrected chi connectivity index (χ2v) is 9.84. The maximum Gasteiger partial charge on any atom is 0.331 e. The number of carbonyl (C=O) groups excluding carboxylic acids is 1. The van der Waals surface area contributed by atoms with Crippen LogP contribution in [-0.2, 0) is 17.9 Å². The van der Waals surface area contributed by atoms with Crippen molar-refractivity contribution in [3.05, 3.63) is 67.9 Å². The zero-order valence-corrected chi connectivity index (χ0v) is 19.2. The third-order valence-corrected chi connectivity index (χ3v) is 7.07. The number of amides is 1. The van der Waals surface area contributed by atoms with Crippen LogP contribution in [0.25, 0.3) is 10.2 Å². The largest absolute Gasteiger partial charge is 0.354 e. The highest BCUT2D eigenvalue weighted by atomic mass is 32.1. The van der Waals surface area contributed by atoms with Gasteiger partial charge in [-0.05, 0) is 74.6 Å². The summed E-state index contributed by atoms with van der Waals surface area (Å²) in [6.07, 6.45) is 3.15. The zero-order valence-electron chi connectivity index (χ0n) is 18.3. The van der Waals surface area contributed by atoms with Crippen LogP contribution in [-0.4, -0.2) is 21.1 Å². The van der Waals surface area contributed by atoms with Gasteiger partial charge >= 0.3 is 5.69 Å². The summed E-state index contributed by atoms with van der Waals surface area (Å²) in [6, 6.07) is 7.95. The predicted octanol–water partition coefficient (Wildman–Crippen LogP) is 3.74. The van der Waals surface area contributed by atoms with Crippen LogP contribution in [0.2, 0.25) is 0 Å². The van der Waals surface area contributed by atoms with Gasteiger partial charge in [-0.25, -0.2) is 9.18 Å². The molecule has 0 saturated heterocycles. The first kappa shape index (κ1) is 22.5. The zero-order chi connectivity index (χ0) is 22.8. The average Bonchev–Trinajstić information content (AvgIpc) is 3.25. The van der Waals surface area contributed by atoms with Gasteiger partial charge < -0.3 is 5.32 Å². The minimum absolute atomic E-state index is 0.000261. The molecule has 3 aromatic rings. The van der Waals surface area contributed by atoms with Gasteiger partial charge in [-0.1, -0.05) is 12.1 Å². The fourth-order valence-corrected chi connectivity index (χ4v) is 5.33. The fraction of sp³-hybridized carbons (Fsp3) is 0.458. The highest BCUT2D eigenvalue weighted by Crippen LogP contribution is 2.30. The molecule has 0 bridgehead atoms. The molecule has 4 rings (SSSR count). The molecule has 1 N–H and O–H groups in total. The molecule has 2 aromatic heterocycles. The number of hydrogen-bond donors (Lipinski definition) is 1. The number of aromatic nitrogens is 2. The first-order chi connectivity index (χ1) is 15.3. The molecular formula is C24H28FN3O3S. The van der Waals surface area contributed by atoms with E-state index in [2.05, 4.69) is 5.32 Å². The Morgan fingerprint density at radius 1 is 1.09 bits per heavy atom. The monoisotopic (exact) mass is 457 g/mol. The lowest BCUT2D eigenvalue weighted by Gasteiger charge is -2.28. The molecule has 0 spiro atoms. The van der Waals surface area contributed by atoms with E-state index in [1.165, 1.54) is 28.0 Å². The van der Waals surface area contributed by atoms with E-state index in [4.69, 9.17) is 0 Å². The Bertz CT molecular complexity index is 1220. The van der Waals surface area contributed by atoms with E-state index in [-0.39, 0.29) is 47.4 Å². The summed E-state index contributed by atoms with van der Waals surface area (Å²) in [5, 5.41) is 4.79. The quantitative estimate of drug-likeness (QED) is 0.613. The van der Waals surface area contributed by atoms with Crippen molar-refractivity contribution in [2.75, 3.05) is 0 Å². The molecule has 1 aliphatic rings. The van der Waals surface area contributed by atoms with Crippen LogP contribution < -0.4 is 16.6 Å². The van der Waals surface area contributed by atoms with Gasteiger partial charge in [-0.2, -0.15) is 0 Å². The van der Waals surface area contributed by atoms with Gasteiger partial charge in [-0.3, -0.25) is 18.7 Å². The highest BCUT2D eigenvalue weighted by molar-refractivity contribution is 7.17. The molecule has 1 aliphatic carbocycles. The van der Waals surface area contributed by atoms with Gasteiger partial charge in [0, 0.05) is 18.5 Å². The van der Waals surface area contributed by atoms with Gasteiger partial charge in [0.1, 0.15) is 10.5 Å². The second kappa shape index (κ2) is 9.40. The predicted molar refractivity (Wildman–Crippen MR) is 125 cm³/mol. The molecule has 1 saturated carbocycles. The molecule has 1 fully saturated rings. The first-order valence-electron chi connectivity index (χ1n) is 11.1. The maximum absolute atomic E-state index is 13.3. The Morgan fingerprint density at radius 2 is 1.78 bits per heavy atom. The molecule has 2 heterocycles. The lowest BCUT2D eigenvalue weighted by Crippen LogP contribution is -2.42. The lowest BCUT2D eigenvalue weighted by molar-refractivity contribution is -0.126. The third-order valence-electron chi connectivity index (χ3n) is 6.18.